The first-order valence-electron chi connectivity index (χ1n) is 6.92. The van der Waals surface area contributed by atoms with Gasteiger partial charge in [-0.15, -0.1) is 0 Å². The van der Waals surface area contributed by atoms with Gasteiger partial charge in [-0.3, -0.25) is 4.90 Å². The van der Waals surface area contributed by atoms with Crippen LogP contribution in [0.2, 0.25) is 0 Å². The second-order valence-electron chi connectivity index (χ2n) is 5.23. The van der Waals surface area contributed by atoms with Crippen LogP contribution in [-0.2, 0) is 19.5 Å². The minimum absolute atomic E-state index is 0.264. The molecule has 0 fully saturated rings. The quantitative estimate of drug-likeness (QED) is 0.452. The van der Waals surface area contributed by atoms with E-state index in [2.05, 4.69) is 14.9 Å². The van der Waals surface area contributed by atoms with Crippen molar-refractivity contribution >= 4 is 11.8 Å². The molecule has 3 rings (SSSR count). The van der Waals surface area contributed by atoms with Gasteiger partial charge in [0.25, 0.3) is 0 Å². The lowest BCUT2D eigenvalue weighted by atomic mass is 10.1. The molecular weight excluding hydrogens is 302 g/mol. The van der Waals surface area contributed by atoms with Crippen LogP contribution in [0.15, 0.2) is 23.5 Å². The van der Waals surface area contributed by atoms with E-state index in [9.17, 15) is 15.3 Å². The van der Waals surface area contributed by atoms with Gasteiger partial charge >= 0.3 is 0 Å². The van der Waals surface area contributed by atoms with Crippen molar-refractivity contribution in [3.05, 3.63) is 35.2 Å². The Labute approximate surface area is 132 Å². The largest absolute Gasteiger partial charge is 0.504 e. The van der Waals surface area contributed by atoms with Gasteiger partial charge in [0.05, 0.1) is 5.69 Å². The fourth-order valence-corrected chi connectivity index (χ4v) is 2.93. The summed E-state index contributed by atoms with van der Waals surface area (Å²) in [6.45, 7) is 2.01. The smallest absolute Gasteiger partial charge is 0.200 e. The lowest BCUT2D eigenvalue weighted by Crippen LogP contribution is -2.31. The number of fused-ring (bicyclic) bond motifs is 1. The SMILES string of the molecule is CSc1ncc2c(n1)CCN(Cc1ccc(O)c(O)c1O)C2. The van der Waals surface area contributed by atoms with Gasteiger partial charge in [-0.05, 0) is 12.3 Å². The number of benzene rings is 1. The molecule has 1 aromatic heterocycles. The highest BCUT2D eigenvalue weighted by Gasteiger charge is 2.20. The number of phenols is 3. The third kappa shape index (κ3) is 2.82. The van der Waals surface area contributed by atoms with Crippen molar-refractivity contribution in [3.63, 3.8) is 0 Å². The molecule has 3 N–H and O–H groups in total. The number of aromatic nitrogens is 2. The second-order valence-corrected chi connectivity index (χ2v) is 6.00. The van der Waals surface area contributed by atoms with Crippen LogP contribution in [0, 0.1) is 0 Å². The zero-order chi connectivity index (χ0) is 15.7. The standard InChI is InChI=1S/C15H17N3O3S/c1-22-15-16-6-10-8-18(5-4-11(10)17-15)7-9-2-3-12(19)14(21)13(9)20/h2-3,6,19-21H,4-5,7-8H2,1H3. The van der Waals surface area contributed by atoms with Crippen LogP contribution in [0.1, 0.15) is 16.8 Å². The number of rotatable bonds is 3. The molecule has 2 aromatic rings. The highest BCUT2D eigenvalue weighted by molar-refractivity contribution is 7.98. The van der Waals surface area contributed by atoms with Gasteiger partial charge in [-0.2, -0.15) is 0 Å². The van der Waals surface area contributed by atoms with Gasteiger partial charge in [0.15, 0.2) is 16.7 Å². The molecule has 7 heteroatoms. The van der Waals surface area contributed by atoms with E-state index in [1.807, 2.05) is 12.5 Å². The molecule has 0 atom stereocenters. The van der Waals surface area contributed by atoms with Gasteiger partial charge in [0.1, 0.15) is 0 Å². The van der Waals surface area contributed by atoms with Crippen LogP contribution in [-0.4, -0.2) is 43.0 Å². The molecule has 0 saturated carbocycles. The third-order valence-electron chi connectivity index (χ3n) is 3.78. The average Bonchev–Trinajstić information content (AvgIpc) is 2.55. The lowest BCUT2D eigenvalue weighted by Gasteiger charge is -2.28. The van der Waals surface area contributed by atoms with Crippen molar-refractivity contribution in [1.82, 2.24) is 14.9 Å². The van der Waals surface area contributed by atoms with Crippen LogP contribution in [0.5, 0.6) is 17.2 Å². The summed E-state index contributed by atoms with van der Waals surface area (Å²) in [6.07, 6.45) is 4.64. The molecule has 2 heterocycles. The summed E-state index contributed by atoms with van der Waals surface area (Å²) in [6, 6.07) is 3.00. The summed E-state index contributed by atoms with van der Waals surface area (Å²) in [5, 5.41) is 29.7. The lowest BCUT2D eigenvalue weighted by molar-refractivity contribution is 0.237. The molecule has 22 heavy (non-hydrogen) atoms. The predicted molar refractivity (Wildman–Crippen MR) is 83.1 cm³/mol. The molecule has 0 radical (unpaired) electrons. The normalized spacial score (nSPS) is 14.8. The van der Waals surface area contributed by atoms with Crippen molar-refractivity contribution in [2.75, 3.05) is 12.8 Å². The Morgan fingerprint density at radius 1 is 1.23 bits per heavy atom. The van der Waals surface area contributed by atoms with Crippen molar-refractivity contribution in [3.8, 4) is 17.2 Å². The first-order chi connectivity index (χ1) is 10.6. The minimum atomic E-state index is -0.470. The van der Waals surface area contributed by atoms with Crippen LogP contribution >= 0.6 is 11.8 Å². The van der Waals surface area contributed by atoms with E-state index < -0.39 is 5.75 Å². The van der Waals surface area contributed by atoms with Gasteiger partial charge < -0.3 is 15.3 Å². The van der Waals surface area contributed by atoms with E-state index >= 15 is 0 Å². The molecule has 1 aliphatic heterocycles. The summed E-state index contributed by atoms with van der Waals surface area (Å²) < 4.78 is 0. The monoisotopic (exact) mass is 319 g/mol. The number of aromatic hydroxyl groups is 3. The molecule has 0 saturated heterocycles. The Morgan fingerprint density at radius 2 is 2.05 bits per heavy atom. The Balaban J connectivity index is 1.77. The van der Waals surface area contributed by atoms with Crippen molar-refractivity contribution < 1.29 is 15.3 Å². The zero-order valence-corrected chi connectivity index (χ0v) is 13.0. The molecule has 0 bridgehead atoms. The molecule has 0 aliphatic carbocycles. The van der Waals surface area contributed by atoms with Crippen molar-refractivity contribution in [2.24, 2.45) is 0 Å². The maximum atomic E-state index is 9.91. The van der Waals surface area contributed by atoms with E-state index in [4.69, 9.17) is 0 Å². The molecule has 1 aliphatic rings. The Bertz CT molecular complexity index is 709. The number of thioether (sulfide) groups is 1. The first-order valence-corrected chi connectivity index (χ1v) is 8.15. The third-order valence-corrected chi connectivity index (χ3v) is 4.34. The summed E-state index contributed by atoms with van der Waals surface area (Å²) in [5.41, 5.74) is 2.75. The number of hydrogen-bond donors (Lipinski definition) is 3. The van der Waals surface area contributed by atoms with E-state index in [1.54, 1.807) is 6.07 Å². The summed E-state index contributed by atoms with van der Waals surface area (Å²) in [4.78, 5) is 11.0. The van der Waals surface area contributed by atoms with Crippen LogP contribution < -0.4 is 0 Å². The molecule has 6 nitrogen and oxygen atoms in total. The van der Waals surface area contributed by atoms with E-state index in [1.165, 1.54) is 17.8 Å². The van der Waals surface area contributed by atoms with Crippen molar-refractivity contribution in [2.45, 2.75) is 24.7 Å². The summed E-state index contributed by atoms with van der Waals surface area (Å²) in [7, 11) is 0. The topological polar surface area (TPSA) is 89.7 Å². The van der Waals surface area contributed by atoms with Crippen LogP contribution in [0.25, 0.3) is 0 Å². The van der Waals surface area contributed by atoms with Gasteiger partial charge in [-0.1, -0.05) is 17.8 Å². The van der Waals surface area contributed by atoms with E-state index in [0.717, 1.165) is 29.4 Å². The fraction of sp³-hybridized carbons (Fsp3) is 0.333. The number of hydrogen-bond acceptors (Lipinski definition) is 7. The summed E-state index contributed by atoms with van der Waals surface area (Å²) >= 11 is 1.53. The average molecular weight is 319 g/mol. The first kappa shape index (κ1) is 14.9. The molecule has 116 valence electrons. The predicted octanol–water partition coefficient (Wildman–Crippen LogP) is 1.87. The summed E-state index contributed by atoms with van der Waals surface area (Å²) in [5.74, 6) is -1.05. The fourth-order valence-electron chi connectivity index (χ4n) is 2.57. The molecule has 0 spiro atoms. The van der Waals surface area contributed by atoms with Crippen LogP contribution in [0.3, 0.4) is 0 Å². The maximum Gasteiger partial charge on any atom is 0.200 e. The Morgan fingerprint density at radius 3 is 2.82 bits per heavy atom. The number of nitrogens with zero attached hydrogens (tertiary/aromatic N) is 3. The van der Waals surface area contributed by atoms with Crippen molar-refractivity contribution in [1.29, 1.82) is 0 Å². The minimum Gasteiger partial charge on any atom is -0.504 e. The molecular formula is C15H17N3O3S. The number of phenolic OH excluding ortho intramolecular Hbond substituents is 3. The van der Waals surface area contributed by atoms with E-state index in [-0.39, 0.29) is 11.5 Å². The molecule has 0 unspecified atom stereocenters. The second kappa shape index (κ2) is 6.02. The van der Waals surface area contributed by atoms with Crippen LogP contribution in [0.4, 0.5) is 0 Å². The zero-order valence-electron chi connectivity index (χ0n) is 12.2. The Kier molecular flexibility index (Phi) is 4.08. The van der Waals surface area contributed by atoms with E-state index in [0.29, 0.717) is 18.7 Å². The van der Waals surface area contributed by atoms with Gasteiger partial charge in [-0.25, -0.2) is 9.97 Å². The molecule has 1 aromatic carbocycles. The highest BCUT2D eigenvalue weighted by atomic mass is 32.2. The van der Waals surface area contributed by atoms with Gasteiger partial charge in [0.2, 0.25) is 5.75 Å². The maximum absolute atomic E-state index is 9.91. The molecule has 0 amide bonds. The highest BCUT2D eigenvalue weighted by Crippen LogP contribution is 2.37. The Hall–Kier alpha value is -1.99. The van der Waals surface area contributed by atoms with Gasteiger partial charge in [0, 0.05) is 43.4 Å².